The highest BCUT2D eigenvalue weighted by molar-refractivity contribution is 7.93. The highest BCUT2D eigenvalue weighted by Gasteiger charge is 2.17. The lowest BCUT2D eigenvalue weighted by atomic mass is 10.3. The number of rotatable bonds is 7. The van der Waals surface area contributed by atoms with Crippen LogP contribution in [0.15, 0.2) is 53.4 Å². The lowest BCUT2D eigenvalue weighted by Gasteiger charge is -2.09. The number of non-ortho nitro benzene ring substituents is 1. The lowest BCUT2D eigenvalue weighted by Crippen LogP contribution is -2.19. The Labute approximate surface area is 175 Å². The number of carbonyl (C=O) groups excluding carboxylic acids is 1. The number of amides is 2. The summed E-state index contributed by atoms with van der Waals surface area (Å²) in [6, 6.07) is 10.3. The molecule has 3 N–H and O–H groups in total. The van der Waals surface area contributed by atoms with Gasteiger partial charge in [0.1, 0.15) is 5.01 Å². The Morgan fingerprint density at radius 2 is 1.80 bits per heavy atom. The molecule has 2 amide bonds. The molecule has 0 saturated carbocycles. The molecule has 0 unspecified atom stereocenters. The van der Waals surface area contributed by atoms with E-state index in [1.807, 2.05) is 6.92 Å². The monoisotopic (exact) mass is 448 g/mol. The van der Waals surface area contributed by atoms with Gasteiger partial charge in [-0.3, -0.25) is 14.8 Å². The third kappa shape index (κ3) is 5.27. The van der Waals surface area contributed by atoms with Crippen LogP contribution in [-0.4, -0.2) is 29.6 Å². The number of aromatic nitrogens is 2. The molecule has 0 atom stereocenters. The van der Waals surface area contributed by atoms with Gasteiger partial charge in [0.15, 0.2) is 0 Å². The number of hydrogen-bond acceptors (Lipinski definition) is 8. The molecule has 2 aromatic carbocycles. The van der Waals surface area contributed by atoms with E-state index in [0.717, 1.165) is 11.3 Å². The van der Waals surface area contributed by atoms with Crippen molar-refractivity contribution in [3.63, 3.8) is 0 Å². The molecule has 156 valence electrons. The molecule has 0 saturated heterocycles. The maximum atomic E-state index is 12.4. The zero-order valence-electron chi connectivity index (χ0n) is 15.5. The predicted octanol–water partition coefficient (Wildman–Crippen LogP) is 3.45. The van der Waals surface area contributed by atoms with Crippen LogP contribution in [0.5, 0.6) is 0 Å². The summed E-state index contributed by atoms with van der Waals surface area (Å²) in [7, 11) is -3.85. The lowest BCUT2D eigenvalue weighted by molar-refractivity contribution is -0.384. The van der Waals surface area contributed by atoms with E-state index in [4.69, 9.17) is 0 Å². The van der Waals surface area contributed by atoms with Gasteiger partial charge >= 0.3 is 6.03 Å². The third-order valence-corrected chi connectivity index (χ3v) is 6.20. The Morgan fingerprint density at radius 3 is 2.43 bits per heavy atom. The minimum Gasteiger partial charge on any atom is -0.308 e. The average Bonchev–Trinajstić information content (AvgIpc) is 3.15. The summed E-state index contributed by atoms with van der Waals surface area (Å²) in [5.74, 6) is 0. The highest BCUT2D eigenvalue weighted by Crippen LogP contribution is 2.22. The molecule has 0 radical (unpaired) electrons. The zero-order chi connectivity index (χ0) is 21.7. The maximum absolute atomic E-state index is 12.4. The van der Waals surface area contributed by atoms with Crippen LogP contribution >= 0.6 is 11.3 Å². The number of benzene rings is 2. The van der Waals surface area contributed by atoms with Crippen LogP contribution in [0.25, 0.3) is 0 Å². The number of sulfonamides is 1. The van der Waals surface area contributed by atoms with Crippen molar-refractivity contribution >= 4 is 49.6 Å². The Balaban J connectivity index is 1.64. The van der Waals surface area contributed by atoms with E-state index in [-0.39, 0.29) is 21.4 Å². The quantitative estimate of drug-likeness (QED) is 0.369. The molecule has 0 spiro atoms. The van der Waals surface area contributed by atoms with Gasteiger partial charge in [-0.05, 0) is 36.8 Å². The van der Waals surface area contributed by atoms with Gasteiger partial charge in [-0.2, -0.15) is 0 Å². The molecule has 11 nitrogen and oxygen atoms in total. The number of hydrogen-bond donors (Lipinski definition) is 3. The van der Waals surface area contributed by atoms with Gasteiger partial charge in [0.25, 0.3) is 15.7 Å². The average molecular weight is 448 g/mol. The molecule has 0 aliphatic carbocycles. The fraction of sp³-hybridized carbons (Fsp3) is 0.118. The highest BCUT2D eigenvalue weighted by atomic mass is 32.2. The van der Waals surface area contributed by atoms with Crippen molar-refractivity contribution in [1.82, 2.24) is 10.2 Å². The summed E-state index contributed by atoms with van der Waals surface area (Å²) in [5, 5.41) is 24.3. The maximum Gasteiger partial charge on any atom is 0.323 e. The minimum absolute atomic E-state index is 0.0135. The van der Waals surface area contributed by atoms with Gasteiger partial charge < -0.3 is 10.6 Å². The van der Waals surface area contributed by atoms with Crippen LogP contribution in [0.2, 0.25) is 0 Å². The molecule has 30 heavy (non-hydrogen) atoms. The second-order valence-corrected chi connectivity index (χ2v) is 8.62. The standard InChI is InChI=1S/C17H16N6O5S2/c1-2-15-20-21-17(29-15)22-30(27,28)14-8-6-11(7-9-14)18-16(24)19-12-4-3-5-13(10-12)23(25)26/h3-10H,2H2,1H3,(H,21,22)(H2,18,19,24). The number of aryl methyl sites for hydroxylation is 1. The van der Waals surface area contributed by atoms with Crippen molar-refractivity contribution in [3.05, 3.63) is 63.7 Å². The first-order valence-electron chi connectivity index (χ1n) is 8.54. The minimum atomic E-state index is -3.85. The fourth-order valence-corrected chi connectivity index (χ4v) is 4.23. The van der Waals surface area contributed by atoms with Crippen molar-refractivity contribution < 1.29 is 18.1 Å². The SMILES string of the molecule is CCc1nnc(NS(=O)(=O)c2ccc(NC(=O)Nc3cccc([N+](=O)[O-])c3)cc2)s1. The number of anilines is 3. The van der Waals surface area contributed by atoms with E-state index in [1.165, 1.54) is 48.5 Å². The largest absolute Gasteiger partial charge is 0.323 e. The molecule has 0 bridgehead atoms. The molecular formula is C17H16N6O5S2. The Morgan fingerprint density at radius 1 is 1.10 bits per heavy atom. The summed E-state index contributed by atoms with van der Waals surface area (Å²) in [6.45, 7) is 1.89. The van der Waals surface area contributed by atoms with Gasteiger partial charge in [0, 0.05) is 23.5 Å². The fourth-order valence-electron chi connectivity index (χ4n) is 2.32. The van der Waals surface area contributed by atoms with Gasteiger partial charge in [0.2, 0.25) is 5.13 Å². The van der Waals surface area contributed by atoms with E-state index in [9.17, 15) is 23.3 Å². The predicted molar refractivity (Wildman–Crippen MR) is 112 cm³/mol. The van der Waals surface area contributed by atoms with Crippen LogP contribution in [0, 0.1) is 10.1 Å². The van der Waals surface area contributed by atoms with E-state index >= 15 is 0 Å². The van der Waals surface area contributed by atoms with Crippen molar-refractivity contribution in [1.29, 1.82) is 0 Å². The van der Waals surface area contributed by atoms with Gasteiger partial charge in [0.05, 0.1) is 9.82 Å². The van der Waals surface area contributed by atoms with Crippen LogP contribution in [-0.2, 0) is 16.4 Å². The van der Waals surface area contributed by atoms with E-state index in [0.29, 0.717) is 17.1 Å². The zero-order valence-corrected chi connectivity index (χ0v) is 17.2. The second kappa shape index (κ2) is 8.84. The smallest absolute Gasteiger partial charge is 0.308 e. The van der Waals surface area contributed by atoms with Crippen molar-refractivity contribution in [2.75, 3.05) is 15.4 Å². The molecule has 1 heterocycles. The molecule has 0 fully saturated rings. The van der Waals surface area contributed by atoms with Gasteiger partial charge in [-0.25, -0.2) is 13.2 Å². The number of nitrogens with one attached hydrogen (secondary N) is 3. The molecule has 3 aromatic rings. The van der Waals surface area contributed by atoms with Crippen LogP contribution in [0.3, 0.4) is 0 Å². The van der Waals surface area contributed by atoms with Gasteiger partial charge in [-0.15, -0.1) is 10.2 Å². The number of nitro benzene ring substituents is 1. The first-order chi connectivity index (χ1) is 14.3. The summed E-state index contributed by atoms with van der Waals surface area (Å²) in [6.07, 6.45) is 0.651. The Bertz CT molecular complexity index is 1180. The molecule has 0 aliphatic heterocycles. The molecule has 13 heteroatoms. The summed E-state index contributed by atoms with van der Waals surface area (Å²) in [5.41, 5.74) is 0.422. The van der Waals surface area contributed by atoms with Crippen LogP contribution < -0.4 is 15.4 Å². The molecule has 3 rings (SSSR count). The molecule has 1 aromatic heterocycles. The topological polar surface area (TPSA) is 156 Å². The summed E-state index contributed by atoms with van der Waals surface area (Å²) in [4.78, 5) is 22.3. The number of nitro groups is 1. The number of nitrogens with zero attached hydrogens (tertiary/aromatic N) is 3. The number of urea groups is 1. The molecule has 0 aliphatic rings. The van der Waals surface area contributed by atoms with Crippen LogP contribution in [0.4, 0.5) is 27.0 Å². The van der Waals surface area contributed by atoms with Crippen molar-refractivity contribution in [2.45, 2.75) is 18.2 Å². The first-order valence-corrected chi connectivity index (χ1v) is 10.8. The normalized spacial score (nSPS) is 11.0. The third-order valence-electron chi connectivity index (χ3n) is 3.73. The number of carbonyl (C=O) groups is 1. The Kier molecular flexibility index (Phi) is 6.23. The summed E-state index contributed by atoms with van der Waals surface area (Å²) >= 11 is 1.15. The van der Waals surface area contributed by atoms with Crippen molar-refractivity contribution in [3.8, 4) is 0 Å². The molecular weight excluding hydrogens is 432 g/mol. The van der Waals surface area contributed by atoms with E-state index < -0.39 is 21.0 Å². The van der Waals surface area contributed by atoms with Gasteiger partial charge in [-0.1, -0.05) is 24.3 Å². The van der Waals surface area contributed by atoms with Crippen molar-refractivity contribution in [2.24, 2.45) is 0 Å². The van der Waals surface area contributed by atoms with Crippen LogP contribution in [0.1, 0.15) is 11.9 Å². The van der Waals surface area contributed by atoms with E-state index in [1.54, 1.807) is 0 Å². The van der Waals surface area contributed by atoms with E-state index in [2.05, 4.69) is 25.6 Å². The first kappa shape index (κ1) is 21.1. The Hall–Kier alpha value is -3.58. The summed E-state index contributed by atoms with van der Waals surface area (Å²) < 4.78 is 27.2. The second-order valence-electron chi connectivity index (χ2n) is 5.87.